The lowest BCUT2D eigenvalue weighted by molar-refractivity contribution is -0.128. The molecule has 0 saturated carbocycles. The second kappa shape index (κ2) is 4.09. The van der Waals surface area contributed by atoms with Crippen molar-refractivity contribution < 1.29 is 14.0 Å². The Kier molecular flexibility index (Phi) is 2.78. The number of nitrogens with one attached hydrogen (secondary N) is 1. The van der Waals surface area contributed by atoms with Gasteiger partial charge in [0.15, 0.2) is 0 Å². The standard InChI is InChI=1S/C10H8ClFN2O2/c11-7-2-1-6(3-8(7)12)14-5-9(15)13-4-10(14)16/h1-3H,4-5H2,(H,13,15). The number of carbonyl (C=O) groups excluding carboxylic acids is 2. The third-order valence-electron chi connectivity index (χ3n) is 2.25. The van der Waals surface area contributed by atoms with E-state index in [-0.39, 0.29) is 29.9 Å². The lowest BCUT2D eigenvalue weighted by Crippen LogP contribution is -2.51. The molecular weight excluding hydrogens is 235 g/mol. The highest BCUT2D eigenvalue weighted by atomic mass is 35.5. The van der Waals surface area contributed by atoms with Crippen molar-refractivity contribution in [3.63, 3.8) is 0 Å². The highest BCUT2D eigenvalue weighted by molar-refractivity contribution is 6.30. The van der Waals surface area contributed by atoms with Gasteiger partial charge in [0.2, 0.25) is 11.8 Å². The third kappa shape index (κ3) is 1.99. The van der Waals surface area contributed by atoms with Crippen LogP contribution in [0.25, 0.3) is 0 Å². The molecule has 0 atom stereocenters. The van der Waals surface area contributed by atoms with Crippen LogP contribution in [0.2, 0.25) is 5.02 Å². The Morgan fingerprint density at radius 2 is 2.12 bits per heavy atom. The van der Waals surface area contributed by atoms with Gasteiger partial charge in [0.1, 0.15) is 12.4 Å². The van der Waals surface area contributed by atoms with E-state index in [4.69, 9.17) is 11.6 Å². The molecule has 1 fully saturated rings. The topological polar surface area (TPSA) is 49.4 Å². The summed E-state index contributed by atoms with van der Waals surface area (Å²) in [6.45, 7) is -0.164. The summed E-state index contributed by atoms with van der Waals surface area (Å²) in [5.41, 5.74) is 0.335. The summed E-state index contributed by atoms with van der Waals surface area (Å²) >= 11 is 5.53. The van der Waals surface area contributed by atoms with Crippen LogP contribution in [0, 0.1) is 5.82 Å². The van der Waals surface area contributed by atoms with Crippen molar-refractivity contribution >= 4 is 29.1 Å². The summed E-state index contributed by atoms with van der Waals surface area (Å²) < 4.78 is 13.2. The molecule has 16 heavy (non-hydrogen) atoms. The van der Waals surface area contributed by atoms with E-state index in [0.29, 0.717) is 5.69 Å². The minimum atomic E-state index is -0.613. The zero-order valence-electron chi connectivity index (χ0n) is 8.17. The molecule has 1 aliphatic heterocycles. The largest absolute Gasteiger partial charge is 0.345 e. The van der Waals surface area contributed by atoms with Crippen molar-refractivity contribution in [1.82, 2.24) is 5.32 Å². The first kappa shape index (κ1) is 10.9. The van der Waals surface area contributed by atoms with Crippen molar-refractivity contribution in [1.29, 1.82) is 0 Å². The molecule has 1 N–H and O–H groups in total. The molecule has 1 aliphatic rings. The molecule has 84 valence electrons. The number of rotatable bonds is 1. The number of hydrogen-bond donors (Lipinski definition) is 1. The Bertz CT molecular complexity index is 464. The predicted molar refractivity (Wildman–Crippen MR) is 56.8 cm³/mol. The number of carbonyl (C=O) groups is 2. The molecule has 4 nitrogen and oxygen atoms in total. The maximum absolute atomic E-state index is 13.2. The Morgan fingerprint density at radius 3 is 2.81 bits per heavy atom. The Balaban J connectivity index is 2.31. The van der Waals surface area contributed by atoms with Crippen LogP contribution in [0.15, 0.2) is 18.2 Å². The monoisotopic (exact) mass is 242 g/mol. The lowest BCUT2D eigenvalue weighted by Gasteiger charge is -2.26. The number of nitrogens with zero attached hydrogens (tertiary/aromatic N) is 1. The van der Waals surface area contributed by atoms with Crippen LogP contribution in [0.3, 0.4) is 0 Å². The fourth-order valence-electron chi connectivity index (χ4n) is 1.45. The van der Waals surface area contributed by atoms with Crippen LogP contribution in [0.5, 0.6) is 0 Å². The quantitative estimate of drug-likeness (QED) is 0.797. The van der Waals surface area contributed by atoms with Crippen LogP contribution in [-0.2, 0) is 9.59 Å². The van der Waals surface area contributed by atoms with Gasteiger partial charge in [-0.05, 0) is 18.2 Å². The van der Waals surface area contributed by atoms with Crippen molar-refractivity contribution in [2.45, 2.75) is 0 Å². The molecule has 0 aliphatic carbocycles. The van der Waals surface area contributed by atoms with E-state index < -0.39 is 5.82 Å². The molecule has 0 radical (unpaired) electrons. The summed E-state index contributed by atoms with van der Waals surface area (Å²) in [7, 11) is 0. The van der Waals surface area contributed by atoms with Crippen LogP contribution < -0.4 is 10.2 Å². The van der Waals surface area contributed by atoms with Gasteiger partial charge in [-0.3, -0.25) is 9.59 Å². The molecule has 1 aromatic rings. The van der Waals surface area contributed by atoms with Gasteiger partial charge in [-0.25, -0.2) is 4.39 Å². The zero-order chi connectivity index (χ0) is 11.7. The second-order valence-electron chi connectivity index (χ2n) is 3.36. The molecular formula is C10H8ClFN2O2. The maximum atomic E-state index is 13.2. The number of amides is 2. The third-order valence-corrected chi connectivity index (χ3v) is 2.56. The molecule has 0 spiro atoms. The number of anilines is 1. The van der Waals surface area contributed by atoms with Gasteiger partial charge in [0.25, 0.3) is 0 Å². The second-order valence-corrected chi connectivity index (χ2v) is 3.76. The predicted octanol–water partition coefficient (Wildman–Crippen LogP) is 0.942. The van der Waals surface area contributed by atoms with Gasteiger partial charge in [0, 0.05) is 5.69 Å². The summed E-state index contributed by atoms with van der Waals surface area (Å²) in [6.07, 6.45) is 0. The highest BCUT2D eigenvalue weighted by Crippen LogP contribution is 2.22. The molecule has 1 heterocycles. The molecule has 0 bridgehead atoms. The number of hydrogen-bond acceptors (Lipinski definition) is 2. The minimum Gasteiger partial charge on any atom is -0.345 e. The van der Waals surface area contributed by atoms with E-state index in [9.17, 15) is 14.0 Å². The molecule has 6 heteroatoms. The first-order valence-corrected chi connectivity index (χ1v) is 4.98. The van der Waals surface area contributed by atoms with Gasteiger partial charge in [-0.15, -0.1) is 0 Å². The van der Waals surface area contributed by atoms with Crippen LogP contribution in [-0.4, -0.2) is 24.9 Å². The van der Waals surface area contributed by atoms with E-state index in [1.807, 2.05) is 0 Å². The normalized spacial score (nSPS) is 16.2. The molecule has 2 amide bonds. The molecule has 1 saturated heterocycles. The first-order chi connectivity index (χ1) is 7.58. The van der Waals surface area contributed by atoms with Gasteiger partial charge in [-0.2, -0.15) is 0 Å². The summed E-state index contributed by atoms with van der Waals surface area (Å²) in [4.78, 5) is 23.8. The Morgan fingerprint density at radius 1 is 1.38 bits per heavy atom. The van der Waals surface area contributed by atoms with Crippen molar-refractivity contribution in [2.75, 3.05) is 18.0 Å². The van der Waals surface area contributed by atoms with Crippen molar-refractivity contribution in [2.24, 2.45) is 0 Å². The number of halogens is 2. The SMILES string of the molecule is O=C1CN(c2ccc(Cl)c(F)c2)C(=O)CN1. The summed E-state index contributed by atoms with van der Waals surface area (Å²) in [6, 6.07) is 3.99. The maximum Gasteiger partial charge on any atom is 0.246 e. The van der Waals surface area contributed by atoms with E-state index in [2.05, 4.69) is 5.32 Å². The lowest BCUT2D eigenvalue weighted by atomic mass is 10.2. The fourth-order valence-corrected chi connectivity index (χ4v) is 1.56. The van der Waals surface area contributed by atoms with Crippen molar-refractivity contribution in [3.8, 4) is 0 Å². The smallest absolute Gasteiger partial charge is 0.246 e. The Hall–Kier alpha value is -1.62. The average Bonchev–Trinajstić information content (AvgIpc) is 2.26. The van der Waals surface area contributed by atoms with Crippen molar-refractivity contribution in [3.05, 3.63) is 29.0 Å². The van der Waals surface area contributed by atoms with Gasteiger partial charge in [0.05, 0.1) is 11.6 Å². The molecule has 2 rings (SSSR count). The fraction of sp³-hybridized carbons (Fsp3) is 0.200. The molecule has 1 aromatic carbocycles. The van der Waals surface area contributed by atoms with Crippen LogP contribution >= 0.6 is 11.6 Å². The number of benzene rings is 1. The van der Waals surface area contributed by atoms with Gasteiger partial charge in [-0.1, -0.05) is 11.6 Å². The average molecular weight is 243 g/mol. The van der Waals surface area contributed by atoms with Crippen LogP contribution in [0.4, 0.5) is 10.1 Å². The Labute approximate surface area is 96.0 Å². The molecule has 0 aromatic heterocycles. The van der Waals surface area contributed by atoms with Crippen LogP contribution in [0.1, 0.15) is 0 Å². The van der Waals surface area contributed by atoms with E-state index in [1.54, 1.807) is 0 Å². The highest BCUT2D eigenvalue weighted by Gasteiger charge is 2.24. The first-order valence-electron chi connectivity index (χ1n) is 4.60. The molecule has 0 unspecified atom stereocenters. The zero-order valence-corrected chi connectivity index (χ0v) is 8.92. The van der Waals surface area contributed by atoms with E-state index in [0.717, 1.165) is 6.07 Å². The summed E-state index contributed by atoms with van der Waals surface area (Å²) in [5.74, 6) is -1.16. The van der Waals surface area contributed by atoms with Gasteiger partial charge >= 0.3 is 0 Å². The minimum absolute atomic E-state index is 0.0161. The number of piperazine rings is 1. The summed E-state index contributed by atoms with van der Waals surface area (Å²) in [5, 5.41) is 2.39. The van der Waals surface area contributed by atoms with E-state index >= 15 is 0 Å². The van der Waals surface area contributed by atoms with E-state index in [1.165, 1.54) is 17.0 Å². The van der Waals surface area contributed by atoms with Gasteiger partial charge < -0.3 is 10.2 Å².